The lowest BCUT2D eigenvalue weighted by Gasteiger charge is -2.12. The number of nitrogens with zero attached hydrogens (tertiary/aromatic N) is 4. The number of amides is 1. The van der Waals surface area contributed by atoms with Crippen molar-refractivity contribution in [1.29, 1.82) is 0 Å². The van der Waals surface area contributed by atoms with Crippen LogP contribution in [0.5, 0.6) is 0 Å². The predicted octanol–water partition coefficient (Wildman–Crippen LogP) is 2.71. The monoisotopic (exact) mass is 383 g/mol. The topological polar surface area (TPSA) is 81.3 Å². The number of hydrogen-bond acceptors (Lipinski definition) is 5. The molecule has 4 rings (SSSR count). The number of halogens is 1. The Morgan fingerprint density at radius 2 is 2.07 bits per heavy atom. The van der Waals surface area contributed by atoms with Crippen LogP contribution in [0, 0.1) is 12.7 Å². The summed E-state index contributed by atoms with van der Waals surface area (Å²) in [5.41, 5.74) is 0.322. The number of thiophene rings is 1. The minimum absolute atomic E-state index is 0.0953. The molecule has 0 unspecified atom stereocenters. The minimum atomic E-state index is -0.518. The van der Waals surface area contributed by atoms with Gasteiger partial charge in [-0.25, -0.2) is 4.39 Å². The molecule has 7 nitrogen and oxygen atoms in total. The molecule has 0 fully saturated rings. The molecule has 0 atom stereocenters. The number of fused-ring (bicyclic) bond motifs is 1. The van der Waals surface area contributed by atoms with E-state index < -0.39 is 11.7 Å². The van der Waals surface area contributed by atoms with Crippen molar-refractivity contribution >= 4 is 28.7 Å². The summed E-state index contributed by atoms with van der Waals surface area (Å²) in [7, 11) is 0. The van der Waals surface area contributed by atoms with Crippen molar-refractivity contribution in [2.45, 2.75) is 13.5 Å². The molecular formula is C18H14FN5O2S. The number of aromatic nitrogens is 4. The Labute approximate surface area is 156 Å². The third-order valence-electron chi connectivity index (χ3n) is 3.99. The first kappa shape index (κ1) is 17.1. The molecule has 0 radical (unpaired) electrons. The van der Waals surface area contributed by atoms with Crippen LogP contribution in [0.3, 0.4) is 0 Å². The molecule has 3 heterocycles. The number of aryl methyl sites for hydroxylation is 1. The Hall–Kier alpha value is -3.33. The van der Waals surface area contributed by atoms with Gasteiger partial charge in [-0.15, -0.1) is 16.4 Å². The first-order chi connectivity index (χ1) is 13.0. The molecule has 0 aliphatic rings. The maximum atomic E-state index is 13.7. The van der Waals surface area contributed by atoms with E-state index in [4.69, 9.17) is 0 Å². The van der Waals surface area contributed by atoms with Gasteiger partial charge in [-0.3, -0.25) is 9.59 Å². The molecule has 3 aromatic heterocycles. The largest absolute Gasteiger partial charge is 0.322 e. The van der Waals surface area contributed by atoms with Gasteiger partial charge in [0.05, 0.1) is 10.6 Å². The van der Waals surface area contributed by atoms with Crippen LogP contribution in [0.1, 0.15) is 5.69 Å². The molecule has 0 saturated heterocycles. The molecule has 0 aliphatic heterocycles. The van der Waals surface area contributed by atoms with E-state index >= 15 is 0 Å². The van der Waals surface area contributed by atoms with Gasteiger partial charge < -0.3 is 9.88 Å². The molecule has 1 amide bonds. The highest BCUT2D eigenvalue weighted by molar-refractivity contribution is 7.13. The summed E-state index contributed by atoms with van der Waals surface area (Å²) in [5, 5.41) is 8.67. The highest BCUT2D eigenvalue weighted by Gasteiger charge is 2.16. The number of carbonyl (C=O) groups excluding carboxylic acids is 1. The standard InChI is InChI=1S/C18H14FN5O2S/c1-11-9-16(26)24-18(21-17(22-24)14-7-4-8-27-14)23(11)10-15(25)20-13-6-3-2-5-12(13)19/h2-9H,10H2,1H3,(H,20,25). The van der Waals surface area contributed by atoms with E-state index in [1.54, 1.807) is 23.6 Å². The second kappa shape index (κ2) is 6.76. The molecule has 4 aromatic rings. The van der Waals surface area contributed by atoms with Crippen LogP contribution in [-0.2, 0) is 11.3 Å². The molecule has 1 N–H and O–H groups in total. The Morgan fingerprint density at radius 1 is 1.26 bits per heavy atom. The summed E-state index contributed by atoms with van der Waals surface area (Å²) >= 11 is 1.45. The number of hydrogen-bond donors (Lipinski definition) is 1. The first-order valence-electron chi connectivity index (χ1n) is 8.08. The van der Waals surface area contributed by atoms with Crippen LogP contribution >= 0.6 is 11.3 Å². The fraction of sp³-hybridized carbons (Fsp3) is 0.111. The third kappa shape index (κ3) is 3.24. The van der Waals surface area contributed by atoms with E-state index in [2.05, 4.69) is 15.4 Å². The van der Waals surface area contributed by atoms with Crippen molar-refractivity contribution in [1.82, 2.24) is 19.2 Å². The molecule has 27 heavy (non-hydrogen) atoms. The maximum Gasteiger partial charge on any atom is 0.275 e. The van der Waals surface area contributed by atoms with Gasteiger partial charge in [-0.2, -0.15) is 9.50 Å². The highest BCUT2D eigenvalue weighted by atomic mass is 32.1. The predicted molar refractivity (Wildman–Crippen MR) is 100 cm³/mol. The van der Waals surface area contributed by atoms with Gasteiger partial charge in [-0.05, 0) is 30.5 Å². The summed E-state index contributed by atoms with van der Waals surface area (Å²) in [5.74, 6) is -0.285. The Bertz CT molecular complexity index is 1200. The molecule has 0 spiro atoms. The maximum absolute atomic E-state index is 13.7. The quantitative estimate of drug-likeness (QED) is 0.588. The number of nitrogens with one attached hydrogen (secondary N) is 1. The van der Waals surface area contributed by atoms with Gasteiger partial charge >= 0.3 is 0 Å². The Morgan fingerprint density at radius 3 is 2.81 bits per heavy atom. The van der Waals surface area contributed by atoms with Gasteiger partial charge in [0, 0.05) is 11.8 Å². The number of rotatable bonds is 4. The van der Waals surface area contributed by atoms with Gasteiger partial charge in [0.2, 0.25) is 11.7 Å². The van der Waals surface area contributed by atoms with Crippen molar-refractivity contribution in [2.24, 2.45) is 0 Å². The van der Waals surface area contributed by atoms with Crippen LogP contribution in [-0.4, -0.2) is 25.1 Å². The first-order valence-corrected chi connectivity index (χ1v) is 8.96. The zero-order valence-electron chi connectivity index (χ0n) is 14.2. The van der Waals surface area contributed by atoms with E-state index in [0.717, 1.165) is 4.88 Å². The van der Waals surface area contributed by atoms with Crippen LogP contribution < -0.4 is 10.9 Å². The van der Waals surface area contributed by atoms with Gasteiger partial charge in [0.25, 0.3) is 5.56 Å². The lowest BCUT2D eigenvalue weighted by Crippen LogP contribution is -2.25. The Kier molecular flexibility index (Phi) is 4.28. The van der Waals surface area contributed by atoms with E-state index in [1.165, 1.54) is 34.1 Å². The molecular weight excluding hydrogens is 369 g/mol. The number of anilines is 1. The van der Waals surface area contributed by atoms with E-state index in [1.807, 2.05) is 17.5 Å². The van der Waals surface area contributed by atoms with Crippen molar-refractivity contribution in [3.8, 4) is 10.7 Å². The van der Waals surface area contributed by atoms with Crippen LogP contribution in [0.15, 0.2) is 52.6 Å². The van der Waals surface area contributed by atoms with E-state index in [9.17, 15) is 14.0 Å². The molecule has 136 valence electrons. The zero-order valence-corrected chi connectivity index (χ0v) is 15.0. The van der Waals surface area contributed by atoms with Crippen molar-refractivity contribution in [3.05, 3.63) is 69.7 Å². The summed E-state index contributed by atoms with van der Waals surface area (Å²) in [6, 6.07) is 11.0. The van der Waals surface area contributed by atoms with Crippen LogP contribution in [0.4, 0.5) is 10.1 Å². The second-order valence-electron chi connectivity index (χ2n) is 5.86. The van der Waals surface area contributed by atoms with Crippen LogP contribution in [0.25, 0.3) is 16.5 Å². The Balaban J connectivity index is 1.71. The van der Waals surface area contributed by atoms with Crippen molar-refractivity contribution < 1.29 is 9.18 Å². The van der Waals surface area contributed by atoms with Gasteiger partial charge in [-0.1, -0.05) is 18.2 Å². The number of benzene rings is 1. The molecule has 0 aliphatic carbocycles. The minimum Gasteiger partial charge on any atom is -0.322 e. The molecule has 1 aromatic carbocycles. The highest BCUT2D eigenvalue weighted by Crippen LogP contribution is 2.21. The number of para-hydroxylation sites is 1. The fourth-order valence-electron chi connectivity index (χ4n) is 2.70. The van der Waals surface area contributed by atoms with Crippen LogP contribution in [0.2, 0.25) is 0 Å². The average Bonchev–Trinajstić information content (AvgIpc) is 3.30. The lowest BCUT2D eigenvalue weighted by molar-refractivity contribution is -0.116. The SMILES string of the molecule is Cc1cc(=O)n2nc(-c3cccs3)nc2n1CC(=O)Nc1ccccc1F. The summed E-state index contributed by atoms with van der Waals surface area (Å²) in [6.07, 6.45) is 0. The average molecular weight is 383 g/mol. The van der Waals surface area contributed by atoms with Crippen molar-refractivity contribution in [2.75, 3.05) is 5.32 Å². The third-order valence-corrected chi connectivity index (χ3v) is 4.86. The summed E-state index contributed by atoms with van der Waals surface area (Å²) in [6.45, 7) is 1.57. The smallest absolute Gasteiger partial charge is 0.275 e. The number of carbonyl (C=O) groups is 1. The van der Waals surface area contributed by atoms with Gasteiger partial charge in [0.15, 0.2) is 5.82 Å². The van der Waals surface area contributed by atoms with Crippen molar-refractivity contribution in [3.63, 3.8) is 0 Å². The normalized spacial score (nSPS) is 11.0. The van der Waals surface area contributed by atoms with Gasteiger partial charge in [0.1, 0.15) is 12.4 Å². The molecule has 9 heteroatoms. The summed E-state index contributed by atoms with van der Waals surface area (Å²) in [4.78, 5) is 29.9. The summed E-state index contributed by atoms with van der Waals surface area (Å²) < 4.78 is 16.5. The molecule has 0 saturated carbocycles. The lowest BCUT2D eigenvalue weighted by atomic mass is 10.3. The zero-order chi connectivity index (χ0) is 19.0. The second-order valence-corrected chi connectivity index (χ2v) is 6.81. The fourth-order valence-corrected chi connectivity index (χ4v) is 3.36. The van der Waals surface area contributed by atoms with E-state index in [0.29, 0.717) is 11.5 Å². The molecule has 0 bridgehead atoms. The van der Waals surface area contributed by atoms with E-state index in [-0.39, 0.29) is 23.6 Å².